The molecule has 8 heteroatoms. The molecule has 142 valence electrons. The van der Waals surface area contributed by atoms with E-state index in [1.54, 1.807) is 22.8 Å². The van der Waals surface area contributed by atoms with Gasteiger partial charge in [-0.25, -0.2) is 9.78 Å². The summed E-state index contributed by atoms with van der Waals surface area (Å²) in [5, 5.41) is 1.45. The van der Waals surface area contributed by atoms with Crippen LogP contribution in [0.1, 0.15) is 16.3 Å². The first-order valence-corrected chi connectivity index (χ1v) is 9.53. The summed E-state index contributed by atoms with van der Waals surface area (Å²) in [5.74, 6) is 0.609. The lowest BCUT2D eigenvalue weighted by Crippen LogP contribution is -2.22. The van der Waals surface area contributed by atoms with Crippen LogP contribution in [0, 0.1) is 0 Å². The van der Waals surface area contributed by atoms with E-state index in [2.05, 4.69) is 16.3 Å². The lowest BCUT2D eigenvalue weighted by atomic mass is 10.2. The number of allylic oxidation sites excluding steroid dienone is 1. The number of benzene rings is 1. The van der Waals surface area contributed by atoms with Crippen molar-refractivity contribution in [3.05, 3.63) is 70.9 Å². The van der Waals surface area contributed by atoms with Crippen LogP contribution in [0.3, 0.4) is 0 Å². The molecule has 0 bridgehead atoms. The fourth-order valence-electron chi connectivity index (χ4n) is 2.98. The van der Waals surface area contributed by atoms with Gasteiger partial charge in [-0.1, -0.05) is 36.0 Å². The number of furan rings is 1. The molecule has 0 atom stereocenters. The lowest BCUT2D eigenvalue weighted by molar-refractivity contribution is 0.0563. The average Bonchev–Trinajstić information content (AvgIpc) is 3.33. The maximum absolute atomic E-state index is 13.0. The van der Waals surface area contributed by atoms with Gasteiger partial charge >= 0.3 is 5.97 Å². The number of nitrogens with one attached hydrogen (secondary N) is 1. The molecule has 0 aliphatic heterocycles. The number of ether oxygens (including phenoxy) is 1. The minimum Gasteiger partial charge on any atom is -0.463 e. The van der Waals surface area contributed by atoms with Crippen LogP contribution in [0.2, 0.25) is 0 Å². The number of fused-ring (bicyclic) bond motifs is 3. The highest BCUT2D eigenvalue weighted by molar-refractivity contribution is 7.98. The Balaban J connectivity index is 1.74. The third kappa shape index (κ3) is 3.11. The van der Waals surface area contributed by atoms with E-state index in [4.69, 9.17) is 9.40 Å². The molecule has 0 spiro atoms. The van der Waals surface area contributed by atoms with Gasteiger partial charge < -0.3 is 14.1 Å². The van der Waals surface area contributed by atoms with Crippen molar-refractivity contribution in [3.8, 4) is 0 Å². The van der Waals surface area contributed by atoms with Crippen molar-refractivity contribution in [3.63, 3.8) is 0 Å². The Kier molecular flexibility index (Phi) is 4.79. The normalized spacial score (nSPS) is 11.2. The summed E-state index contributed by atoms with van der Waals surface area (Å²) in [7, 11) is 1.30. The van der Waals surface area contributed by atoms with Crippen LogP contribution in [0.5, 0.6) is 0 Å². The number of methoxy groups -OCH3 is 1. The van der Waals surface area contributed by atoms with Gasteiger partial charge in [-0.15, -0.1) is 6.58 Å². The Morgan fingerprint density at radius 2 is 2.18 bits per heavy atom. The Bertz CT molecular complexity index is 1250. The van der Waals surface area contributed by atoms with Crippen molar-refractivity contribution in [1.82, 2.24) is 14.5 Å². The number of carbonyl (C=O) groups excluding carboxylic acids is 1. The smallest absolute Gasteiger partial charge is 0.373 e. The molecule has 0 aliphatic carbocycles. The zero-order valence-corrected chi connectivity index (χ0v) is 15.9. The van der Waals surface area contributed by atoms with Gasteiger partial charge in [0, 0.05) is 17.4 Å². The second-order valence-corrected chi connectivity index (χ2v) is 6.98. The van der Waals surface area contributed by atoms with Crippen molar-refractivity contribution in [2.45, 2.75) is 17.5 Å². The summed E-state index contributed by atoms with van der Waals surface area (Å²) in [6, 6.07) is 10.9. The maximum atomic E-state index is 13.0. The number of nitrogens with zero attached hydrogens (tertiary/aromatic N) is 2. The number of thioether (sulfide) groups is 1. The van der Waals surface area contributed by atoms with E-state index in [9.17, 15) is 9.59 Å². The number of hydrogen-bond acceptors (Lipinski definition) is 6. The topological polar surface area (TPSA) is 90.1 Å². The first-order valence-electron chi connectivity index (χ1n) is 8.54. The van der Waals surface area contributed by atoms with Crippen molar-refractivity contribution in [2.24, 2.45) is 0 Å². The van der Waals surface area contributed by atoms with Gasteiger partial charge in [0.15, 0.2) is 5.16 Å². The standard InChI is InChI=1S/C20H17N3O4S/c1-3-10-23-18(24)17-16(13-6-4-5-7-14(13)21-17)22-20(23)28-11-12-8-9-15(27-12)19(25)26-2/h3-9,21H,1,10-11H2,2H3. The van der Waals surface area contributed by atoms with Crippen LogP contribution in [-0.2, 0) is 17.0 Å². The molecule has 4 rings (SSSR count). The Morgan fingerprint density at radius 1 is 1.36 bits per heavy atom. The molecule has 1 aromatic carbocycles. The third-order valence-corrected chi connectivity index (χ3v) is 5.28. The summed E-state index contributed by atoms with van der Waals surface area (Å²) < 4.78 is 11.7. The maximum Gasteiger partial charge on any atom is 0.373 e. The molecule has 0 unspecified atom stereocenters. The van der Waals surface area contributed by atoms with Crippen LogP contribution in [-0.4, -0.2) is 27.6 Å². The predicted molar refractivity (Wildman–Crippen MR) is 108 cm³/mol. The summed E-state index contributed by atoms with van der Waals surface area (Å²) in [6.07, 6.45) is 1.66. The van der Waals surface area contributed by atoms with E-state index < -0.39 is 5.97 Å². The SMILES string of the molecule is C=CCn1c(SCc2ccc(C(=O)OC)o2)nc2c([nH]c3ccccc32)c1=O. The number of para-hydroxylation sites is 1. The highest BCUT2D eigenvalue weighted by atomic mass is 32.2. The largest absolute Gasteiger partial charge is 0.463 e. The first kappa shape index (κ1) is 18.1. The number of H-pyrrole nitrogens is 1. The molecular weight excluding hydrogens is 378 g/mol. The molecule has 28 heavy (non-hydrogen) atoms. The van der Waals surface area contributed by atoms with E-state index >= 15 is 0 Å². The molecular formula is C20H17N3O4S. The van der Waals surface area contributed by atoms with Crippen LogP contribution in [0.15, 0.2) is 63.4 Å². The minimum atomic E-state index is -0.529. The molecule has 0 fully saturated rings. The number of esters is 1. The lowest BCUT2D eigenvalue weighted by Gasteiger charge is -2.09. The molecule has 3 aromatic heterocycles. The Morgan fingerprint density at radius 3 is 2.96 bits per heavy atom. The van der Waals surface area contributed by atoms with Crippen LogP contribution >= 0.6 is 11.8 Å². The van der Waals surface area contributed by atoms with Crippen LogP contribution < -0.4 is 5.56 Å². The molecule has 0 saturated heterocycles. The van der Waals surface area contributed by atoms with Gasteiger partial charge in [0.25, 0.3) is 5.56 Å². The van der Waals surface area contributed by atoms with Gasteiger partial charge in [-0.2, -0.15) is 0 Å². The third-order valence-electron chi connectivity index (χ3n) is 4.28. The zero-order chi connectivity index (χ0) is 19.7. The highest BCUT2D eigenvalue weighted by Crippen LogP contribution is 2.27. The van der Waals surface area contributed by atoms with Crippen molar-refractivity contribution in [1.29, 1.82) is 0 Å². The number of aromatic amines is 1. The van der Waals surface area contributed by atoms with Crippen molar-refractivity contribution < 1.29 is 13.9 Å². The molecule has 0 aliphatic rings. The first-order chi connectivity index (χ1) is 13.6. The van der Waals surface area contributed by atoms with Gasteiger partial charge in [-0.05, 0) is 18.2 Å². The molecule has 3 heterocycles. The fourth-order valence-corrected chi connectivity index (χ4v) is 3.87. The zero-order valence-electron chi connectivity index (χ0n) is 15.1. The molecule has 0 radical (unpaired) electrons. The Labute approximate surface area is 164 Å². The van der Waals surface area contributed by atoms with E-state index in [0.717, 1.165) is 10.9 Å². The monoisotopic (exact) mass is 395 g/mol. The van der Waals surface area contributed by atoms with Gasteiger partial charge in [-0.3, -0.25) is 9.36 Å². The second-order valence-electron chi connectivity index (χ2n) is 6.04. The Hall–Kier alpha value is -3.26. The predicted octanol–water partition coefficient (Wildman–Crippen LogP) is 3.74. The summed E-state index contributed by atoms with van der Waals surface area (Å²) in [6.45, 7) is 4.07. The van der Waals surface area contributed by atoms with Gasteiger partial charge in [0.05, 0.1) is 12.9 Å². The minimum absolute atomic E-state index is 0.140. The summed E-state index contributed by atoms with van der Waals surface area (Å²) in [5.41, 5.74) is 1.82. The molecule has 4 aromatic rings. The molecule has 0 amide bonds. The average molecular weight is 395 g/mol. The summed E-state index contributed by atoms with van der Waals surface area (Å²) in [4.78, 5) is 32.4. The number of aromatic nitrogens is 3. The van der Waals surface area contributed by atoms with Crippen molar-refractivity contribution >= 4 is 39.7 Å². The fraction of sp³-hybridized carbons (Fsp3) is 0.150. The van der Waals surface area contributed by atoms with Gasteiger partial charge in [0.2, 0.25) is 5.76 Å². The number of rotatable bonds is 6. The van der Waals surface area contributed by atoms with E-state index in [1.807, 2.05) is 24.3 Å². The second kappa shape index (κ2) is 7.40. The van der Waals surface area contributed by atoms with E-state index in [0.29, 0.717) is 34.2 Å². The van der Waals surface area contributed by atoms with Gasteiger partial charge in [0.1, 0.15) is 16.8 Å². The quantitative estimate of drug-likeness (QED) is 0.232. The van der Waals surface area contributed by atoms with E-state index in [-0.39, 0.29) is 11.3 Å². The van der Waals surface area contributed by atoms with Crippen LogP contribution in [0.25, 0.3) is 21.9 Å². The summed E-state index contributed by atoms with van der Waals surface area (Å²) >= 11 is 1.36. The highest BCUT2D eigenvalue weighted by Gasteiger charge is 2.16. The van der Waals surface area contributed by atoms with E-state index in [1.165, 1.54) is 18.9 Å². The van der Waals surface area contributed by atoms with Crippen molar-refractivity contribution in [2.75, 3.05) is 7.11 Å². The number of carbonyl (C=O) groups is 1. The molecule has 7 nitrogen and oxygen atoms in total. The molecule has 0 saturated carbocycles. The number of hydrogen-bond donors (Lipinski definition) is 1. The molecule has 1 N–H and O–H groups in total. The van der Waals surface area contributed by atoms with Crippen LogP contribution in [0.4, 0.5) is 0 Å².